The molecule has 2 unspecified atom stereocenters. The van der Waals surface area contributed by atoms with Crippen LogP contribution in [0.1, 0.15) is 38.8 Å². The summed E-state index contributed by atoms with van der Waals surface area (Å²) in [5, 5.41) is 14.9. The maximum Gasteiger partial charge on any atom is 0.306 e. The number of nitrogens with zero attached hydrogens (tertiary/aromatic N) is 1. The summed E-state index contributed by atoms with van der Waals surface area (Å²) in [5.74, 6) is -1.99. The number of aromatic nitrogens is 1. The van der Waals surface area contributed by atoms with E-state index >= 15 is 0 Å². The number of aliphatic carboxylic acids is 1. The molecule has 0 aliphatic rings. The number of hydrogen-bond donors (Lipinski definition) is 4. The minimum Gasteiger partial charge on any atom is -0.481 e. The smallest absolute Gasteiger partial charge is 0.306 e. The van der Waals surface area contributed by atoms with Crippen LogP contribution in [0, 0.1) is 5.41 Å². The van der Waals surface area contributed by atoms with Gasteiger partial charge in [-0.3, -0.25) is 14.4 Å². The van der Waals surface area contributed by atoms with Crippen molar-refractivity contribution in [2.45, 2.75) is 45.8 Å². The summed E-state index contributed by atoms with van der Waals surface area (Å²) in [6.45, 7) is 6.00. The number of nitrogens with two attached hydrogens (primary N) is 1. The number of amides is 2. The highest BCUT2D eigenvalue weighted by Gasteiger charge is 2.35. The van der Waals surface area contributed by atoms with Crippen LogP contribution in [0.25, 0.3) is 22.4 Å². The number of carboxylic acid groups (broad SMARTS) is 1. The van der Waals surface area contributed by atoms with Crippen LogP contribution < -0.4 is 16.4 Å². The van der Waals surface area contributed by atoms with Gasteiger partial charge in [0.25, 0.3) is 0 Å². The maximum atomic E-state index is 13.3. The highest BCUT2D eigenvalue weighted by molar-refractivity contribution is 5.91. The molecule has 8 heteroatoms. The molecule has 3 aromatic rings. The van der Waals surface area contributed by atoms with E-state index in [-0.39, 0.29) is 5.91 Å². The molecule has 0 bridgehead atoms. The molecule has 0 spiro atoms. The molecule has 0 aliphatic heterocycles. The van der Waals surface area contributed by atoms with Crippen molar-refractivity contribution in [1.82, 2.24) is 15.2 Å². The van der Waals surface area contributed by atoms with Crippen LogP contribution >= 0.6 is 0 Å². The first-order valence-electron chi connectivity index (χ1n) is 11.9. The summed E-state index contributed by atoms with van der Waals surface area (Å²) in [7, 11) is 1.50. The average molecular weight is 491 g/mol. The van der Waals surface area contributed by atoms with Gasteiger partial charge in [0.15, 0.2) is 0 Å². The van der Waals surface area contributed by atoms with Crippen LogP contribution in [-0.4, -0.2) is 40.5 Å². The molecule has 190 valence electrons. The average Bonchev–Trinajstić information content (AvgIpc) is 3.34. The molecule has 3 rings (SSSR count). The predicted molar refractivity (Wildman–Crippen MR) is 140 cm³/mol. The SMILES string of the molecule is CNC(=O)C(NC(=O)C(CC(=O)O)n1cccc1-c1ccc(-c2ccc(CN)cc2)cc1)C(C)(C)C. The Hall–Kier alpha value is -3.91. The van der Waals surface area contributed by atoms with Gasteiger partial charge in [-0.1, -0.05) is 69.3 Å². The summed E-state index contributed by atoms with van der Waals surface area (Å²) in [6, 6.07) is 17.6. The normalized spacial score (nSPS) is 13.0. The Bertz CT molecular complexity index is 1210. The molecule has 0 saturated heterocycles. The number of carboxylic acids is 1. The second kappa shape index (κ2) is 11.2. The molecule has 0 aliphatic carbocycles. The number of rotatable bonds is 9. The third-order valence-electron chi connectivity index (χ3n) is 6.15. The highest BCUT2D eigenvalue weighted by Crippen LogP contribution is 2.29. The van der Waals surface area contributed by atoms with Gasteiger partial charge in [-0.2, -0.15) is 0 Å². The Labute approximate surface area is 211 Å². The van der Waals surface area contributed by atoms with Gasteiger partial charge >= 0.3 is 5.97 Å². The topological polar surface area (TPSA) is 126 Å². The monoisotopic (exact) mass is 490 g/mol. The molecule has 2 amide bonds. The summed E-state index contributed by atoms with van der Waals surface area (Å²) >= 11 is 0. The van der Waals surface area contributed by atoms with Crippen molar-refractivity contribution in [3.8, 4) is 22.4 Å². The molecule has 2 atom stereocenters. The zero-order chi connectivity index (χ0) is 26.5. The zero-order valence-electron chi connectivity index (χ0n) is 21.1. The van der Waals surface area contributed by atoms with E-state index in [0.717, 1.165) is 22.3 Å². The number of nitrogens with one attached hydrogen (secondary N) is 2. The van der Waals surface area contributed by atoms with Gasteiger partial charge in [0.1, 0.15) is 12.1 Å². The fourth-order valence-corrected chi connectivity index (χ4v) is 4.12. The maximum absolute atomic E-state index is 13.3. The molecule has 8 nitrogen and oxygen atoms in total. The molecule has 0 fully saturated rings. The van der Waals surface area contributed by atoms with E-state index in [1.54, 1.807) is 16.8 Å². The Morgan fingerprint density at radius 3 is 1.97 bits per heavy atom. The van der Waals surface area contributed by atoms with E-state index in [0.29, 0.717) is 12.2 Å². The van der Waals surface area contributed by atoms with E-state index in [1.165, 1.54) is 7.05 Å². The van der Waals surface area contributed by atoms with Gasteiger partial charge in [0, 0.05) is 25.5 Å². The molecule has 0 saturated carbocycles. The van der Waals surface area contributed by atoms with Gasteiger partial charge in [-0.05, 0) is 39.8 Å². The molecular formula is C28H34N4O4. The standard InChI is InChI=1S/C28H34N4O4/c1-28(2,3)25(27(36)30-4)31-26(35)23(16-24(33)34)32-15-5-6-22(32)21-13-11-20(12-14-21)19-9-7-18(17-29)8-10-19/h5-15,23,25H,16-17,29H2,1-4H3,(H,30,36)(H,31,35)(H,33,34). The van der Waals surface area contributed by atoms with Gasteiger partial charge in [-0.15, -0.1) is 0 Å². The minimum atomic E-state index is -1.11. The Morgan fingerprint density at radius 2 is 1.47 bits per heavy atom. The van der Waals surface area contributed by atoms with Crippen molar-refractivity contribution in [2.24, 2.45) is 11.1 Å². The lowest BCUT2D eigenvalue weighted by molar-refractivity contribution is -0.141. The minimum absolute atomic E-state index is 0.340. The second-order valence-corrected chi connectivity index (χ2v) is 9.81. The van der Waals surface area contributed by atoms with Crippen molar-refractivity contribution in [3.63, 3.8) is 0 Å². The zero-order valence-corrected chi connectivity index (χ0v) is 21.1. The molecule has 5 N–H and O–H groups in total. The molecule has 1 heterocycles. The summed E-state index contributed by atoms with van der Waals surface area (Å²) in [5.41, 5.74) is 9.79. The van der Waals surface area contributed by atoms with Crippen LogP contribution in [0.2, 0.25) is 0 Å². The third-order valence-corrected chi connectivity index (χ3v) is 6.15. The van der Waals surface area contributed by atoms with Crippen LogP contribution in [0.5, 0.6) is 0 Å². The first-order chi connectivity index (χ1) is 17.0. The van der Waals surface area contributed by atoms with Crippen LogP contribution in [0.4, 0.5) is 0 Å². The fraction of sp³-hybridized carbons (Fsp3) is 0.321. The number of hydrogen-bond acceptors (Lipinski definition) is 4. The Kier molecular flexibility index (Phi) is 8.32. The van der Waals surface area contributed by atoms with Crippen LogP contribution in [-0.2, 0) is 20.9 Å². The van der Waals surface area contributed by atoms with Crippen LogP contribution in [0.3, 0.4) is 0 Å². The Balaban J connectivity index is 1.92. The molecule has 2 aromatic carbocycles. The predicted octanol–water partition coefficient (Wildman–Crippen LogP) is 3.57. The van der Waals surface area contributed by atoms with Gasteiger partial charge < -0.3 is 26.0 Å². The quantitative estimate of drug-likeness (QED) is 0.365. The van der Waals surface area contributed by atoms with E-state index in [9.17, 15) is 19.5 Å². The van der Waals surface area contributed by atoms with Crippen molar-refractivity contribution in [2.75, 3.05) is 7.05 Å². The molecule has 1 aromatic heterocycles. The number of carbonyl (C=O) groups is 3. The molecular weight excluding hydrogens is 456 g/mol. The van der Waals surface area contributed by atoms with E-state index < -0.39 is 35.8 Å². The van der Waals surface area contributed by atoms with Gasteiger partial charge in [-0.25, -0.2) is 0 Å². The van der Waals surface area contributed by atoms with Crippen molar-refractivity contribution >= 4 is 17.8 Å². The number of benzene rings is 2. The first-order valence-corrected chi connectivity index (χ1v) is 11.9. The Morgan fingerprint density at radius 1 is 0.917 bits per heavy atom. The van der Waals surface area contributed by atoms with Crippen molar-refractivity contribution in [3.05, 3.63) is 72.4 Å². The van der Waals surface area contributed by atoms with Crippen molar-refractivity contribution < 1.29 is 19.5 Å². The molecule has 0 radical (unpaired) electrons. The summed E-state index contributed by atoms with van der Waals surface area (Å²) in [4.78, 5) is 37.5. The van der Waals surface area contributed by atoms with E-state index in [2.05, 4.69) is 10.6 Å². The lowest BCUT2D eigenvalue weighted by atomic mass is 9.86. The fourth-order valence-electron chi connectivity index (χ4n) is 4.12. The highest BCUT2D eigenvalue weighted by atomic mass is 16.4. The third kappa shape index (κ3) is 6.20. The van der Waals surface area contributed by atoms with Crippen LogP contribution in [0.15, 0.2) is 66.9 Å². The first kappa shape index (κ1) is 26.7. The lowest BCUT2D eigenvalue weighted by Crippen LogP contribution is -2.54. The second-order valence-electron chi connectivity index (χ2n) is 9.81. The molecule has 36 heavy (non-hydrogen) atoms. The van der Waals surface area contributed by atoms with Gasteiger partial charge in [0.05, 0.1) is 6.42 Å². The van der Waals surface area contributed by atoms with Gasteiger partial charge in [0.2, 0.25) is 11.8 Å². The largest absolute Gasteiger partial charge is 0.481 e. The van der Waals surface area contributed by atoms with Crippen molar-refractivity contribution in [1.29, 1.82) is 0 Å². The summed E-state index contributed by atoms with van der Waals surface area (Å²) in [6.07, 6.45) is 1.26. The number of likely N-dealkylation sites (N-methyl/N-ethyl adjacent to an activating group) is 1. The van der Waals surface area contributed by atoms with E-state index in [1.807, 2.05) is 75.4 Å². The summed E-state index contributed by atoms with van der Waals surface area (Å²) < 4.78 is 1.65. The van der Waals surface area contributed by atoms with E-state index in [4.69, 9.17) is 5.73 Å². The number of carbonyl (C=O) groups excluding carboxylic acids is 2. The lowest BCUT2D eigenvalue weighted by Gasteiger charge is -2.31.